The highest BCUT2D eigenvalue weighted by molar-refractivity contribution is 4.90. The van der Waals surface area contributed by atoms with Gasteiger partial charge in [-0.15, -0.1) is 0 Å². The normalized spacial score (nSPS) is 21.0. The van der Waals surface area contributed by atoms with Crippen molar-refractivity contribution in [1.29, 1.82) is 0 Å². The Labute approximate surface area is 66.7 Å². The van der Waals surface area contributed by atoms with Crippen molar-refractivity contribution in [3.63, 3.8) is 0 Å². The molecule has 0 aromatic carbocycles. The Balaban J connectivity index is 4.45. The standard InChI is InChI=1S/C7H17NO3/c1-6(2,3)7(8,11)5(10)4-9/h5,9-11H,4,8H2,1-3H3. The van der Waals surface area contributed by atoms with Gasteiger partial charge in [0.15, 0.2) is 0 Å². The summed E-state index contributed by atoms with van der Waals surface area (Å²) in [5.74, 6) is 0. The van der Waals surface area contributed by atoms with Gasteiger partial charge >= 0.3 is 0 Å². The zero-order valence-corrected chi connectivity index (χ0v) is 7.20. The molecule has 0 saturated carbocycles. The summed E-state index contributed by atoms with van der Waals surface area (Å²) in [5.41, 5.74) is 2.99. The summed E-state index contributed by atoms with van der Waals surface area (Å²) in [6.45, 7) is 4.52. The number of aliphatic hydroxyl groups is 3. The van der Waals surface area contributed by atoms with Gasteiger partial charge in [-0.1, -0.05) is 20.8 Å². The Morgan fingerprint density at radius 1 is 1.36 bits per heavy atom. The monoisotopic (exact) mass is 163 g/mol. The van der Waals surface area contributed by atoms with Gasteiger partial charge < -0.3 is 21.1 Å². The molecule has 0 fully saturated rings. The zero-order valence-electron chi connectivity index (χ0n) is 7.20. The fraction of sp³-hybridized carbons (Fsp3) is 1.00. The maximum absolute atomic E-state index is 9.49. The quantitative estimate of drug-likeness (QED) is 0.395. The molecular formula is C7H17NO3. The van der Waals surface area contributed by atoms with Crippen molar-refractivity contribution < 1.29 is 15.3 Å². The lowest BCUT2D eigenvalue weighted by atomic mass is 9.80. The molecule has 0 aromatic heterocycles. The minimum absolute atomic E-state index is 0.537. The molecule has 0 aliphatic heterocycles. The number of aliphatic hydroxyl groups excluding tert-OH is 2. The molecular weight excluding hydrogens is 146 g/mol. The lowest BCUT2D eigenvalue weighted by molar-refractivity contribution is -0.150. The summed E-state index contributed by atoms with van der Waals surface area (Å²) in [4.78, 5) is 0. The second-order valence-corrected chi connectivity index (χ2v) is 3.77. The van der Waals surface area contributed by atoms with E-state index in [9.17, 15) is 5.11 Å². The summed E-state index contributed by atoms with van der Waals surface area (Å²) in [6, 6.07) is 0. The van der Waals surface area contributed by atoms with Crippen LogP contribution in [-0.4, -0.2) is 33.8 Å². The van der Waals surface area contributed by atoms with Gasteiger partial charge in [0.1, 0.15) is 11.8 Å². The Morgan fingerprint density at radius 2 is 1.73 bits per heavy atom. The highest BCUT2D eigenvalue weighted by Crippen LogP contribution is 2.28. The van der Waals surface area contributed by atoms with Gasteiger partial charge in [-0.25, -0.2) is 0 Å². The van der Waals surface area contributed by atoms with Gasteiger partial charge in [0.05, 0.1) is 6.61 Å². The van der Waals surface area contributed by atoms with Gasteiger partial charge in [-0.3, -0.25) is 0 Å². The van der Waals surface area contributed by atoms with E-state index in [1.54, 1.807) is 20.8 Å². The van der Waals surface area contributed by atoms with Crippen LogP contribution in [0, 0.1) is 5.41 Å². The molecule has 68 valence electrons. The van der Waals surface area contributed by atoms with Crippen LogP contribution in [0.25, 0.3) is 0 Å². The van der Waals surface area contributed by atoms with Crippen LogP contribution in [0.15, 0.2) is 0 Å². The van der Waals surface area contributed by atoms with Crippen LogP contribution in [0.5, 0.6) is 0 Å². The first-order chi connectivity index (χ1) is 4.73. The van der Waals surface area contributed by atoms with E-state index in [-0.39, 0.29) is 0 Å². The lowest BCUT2D eigenvalue weighted by Crippen LogP contribution is -2.61. The van der Waals surface area contributed by atoms with Crippen molar-refractivity contribution in [3.05, 3.63) is 0 Å². The molecule has 0 aliphatic rings. The second-order valence-electron chi connectivity index (χ2n) is 3.77. The third-order valence-electron chi connectivity index (χ3n) is 1.88. The minimum atomic E-state index is -1.75. The molecule has 0 aromatic rings. The predicted octanol–water partition coefficient (Wildman–Crippen LogP) is -0.967. The molecule has 2 unspecified atom stereocenters. The first-order valence-electron chi connectivity index (χ1n) is 3.53. The average molecular weight is 163 g/mol. The second kappa shape index (κ2) is 3.06. The van der Waals surface area contributed by atoms with Gasteiger partial charge in [0.25, 0.3) is 0 Å². The van der Waals surface area contributed by atoms with Gasteiger partial charge in [-0.05, 0) is 0 Å². The molecule has 0 heterocycles. The summed E-state index contributed by atoms with van der Waals surface area (Å²) in [6.07, 6.45) is -1.30. The van der Waals surface area contributed by atoms with E-state index in [0.29, 0.717) is 0 Å². The average Bonchev–Trinajstić information content (AvgIpc) is 1.83. The number of rotatable bonds is 2. The number of hydrogen-bond donors (Lipinski definition) is 4. The Morgan fingerprint density at radius 3 is 1.82 bits per heavy atom. The molecule has 0 saturated heterocycles. The highest BCUT2D eigenvalue weighted by atomic mass is 16.4. The van der Waals surface area contributed by atoms with Crippen LogP contribution >= 0.6 is 0 Å². The Bertz CT molecular complexity index is 128. The van der Waals surface area contributed by atoms with E-state index < -0.39 is 23.9 Å². The topological polar surface area (TPSA) is 86.7 Å². The molecule has 0 aliphatic carbocycles. The summed E-state index contributed by atoms with van der Waals surface area (Å²) >= 11 is 0. The van der Waals surface area contributed by atoms with Crippen molar-refractivity contribution in [2.75, 3.05) is 6.61 Å². The SMILES string of the molecule is CC(C)(C)C(N)(O)C(O)CO. The third kappa shape index (κ3) is 2.13. The largest absolute Gasteiger partial charge is 0.394 e. The molecule has 4 nitrogen and oxygen atoms in total. The maximum Gasteiger partial charge on any atom is 0.146 e. The molecule has 0 rings (SSSR count). The highest BCUT2D eigenvalue weighted by Gasteiger charge is 2.42. The molecule has 0 amide bonds. The van der Waals surface area contributed by atoms with Crippen LogP contribution in [0.3, 0.4) is 0 Å². The van der Waals surface area contributed by atoms with E-state index in [1.165, 1.54) is 0 Å². The molecule has 2 atom stereocenters. The van der Waals surface area contributed by atoms with Crippen molar-refractivity contribution in [1.82, 2.24) is 0 Å². The van der Waals surface area contributed by atoms with E-state index in [1.807, 2.05) is 0 Å². The Kier molecular flexibility index (Phi) is 3.02. The first kappa shape index (κ1) is 10.8. The van der Waals surface area contributed by atoms with Crippen LogP contribution < -0.4 is 5.73 Å². The van der Waals surface area contributed by atoms with Crippen molar-refractivity contribution in [3.8, 4) is 0 Å². The van der Waals surface area contributed by atoms with Gasteiger partial charge in [0.2, 0.25) is 0 Å². The first-order valence-corrected chi connectivity index (χ1v) is 3.53. The summed E-state index contributed by atoms with van der Waals surface area (Å²) in [5, 5.41) is 27.1. The van der Waals surface area contributed by atoms with Crippen LogP contribution in [0.4, 0.5) is 0 Å². The Hall–Kier alpha value is -0.160. The van der Waals surface area contributed by atoms with Crippen molar-refractivity contribution in [2.45, 2.75) is 32.6 Å². The third-order valence-corrected chi connectivity index (χ3v) is 1.88. The van der Waals surface area contributed by atoms with Crippen molar-refractivity contribution in [2.24, 2.45) is 11.1 Å². The van der Waals surface area contributed by atoms with E-state index in [0.717, 1.165) is 0 Å². The lowest BCUT2D eigenvalue weighted by Gasteiger charge is -2.39. The van der Waals surface area contributed by atoms with E-state index in [4.69, 9.17) is 15.9 Å². The summed E-state index contributed by atoms with van der Waals surface area (Å²) < 4.78 is 0. The zero-order chi connectivity index (χ0) is 9.28. The van der Waals surface area contributed by atoms with E-state index in [2.05, 4.69) is 0 Å². The summed E-state index contributed by atoms with van der Waals surface area (Å²) in [7, 11) is 0. The van der Waals surface area contributed by atoms with Gasteiger partial charge in [0, 0.05) is 5.41 Å². The van der Waals surface area contributed by atoms with E-state index >= 15 is 0 Å². The molecule has 0 spiro atoms. The van der Waals surface area contributed by atoms with Crippen LogP contribution in [-0.2, 0) is 0 Å². The smallest absolute Gasteiger partial charge is 0.146 e. The minimum Gasteiger partial charge on any atom is -0.394 e. The fourth-order valence-electron chi connectivity index (χ4n) is 0.639. The molecule has 11 heavy (non-hydrogen) atoms. The molecule has 5 N–H and O–H groups in total. The van der Waals surface area contributed by atoms with Crippen molar-refractivity contribution >= 4 is 0 Å². The fourth-order valence-corrected chi connectivity index (χ4v) is 0.639. The van der Waals surface area contributed by atoms with Gasteiger partial charge in [-0.2, -0.15) is 0 Å². The molecule has 4 heteroatoms. The molecule has 0 radical (unpaired) electrons. The predicted molar refractivity (Wildman–Crippen MR) is 41.7 cm³/mol. The van der Waals surface area contributed by atoms with Crippen LogP contribution in [0.1, 0.15) is 20.8 Å². The molecule has 0 bridgehead atoms. The number of hydrogen-bond acceptors (Lipinski definition) is 4. The maximum atomic E-state index is 9.49. The van der Waals surface area contributed by atoms with Crippen LogP contribution in [0.2, 0.25) is 0 Å². The number of nitrogens with two attached hydrogens (primary N) is 1.